The van der Waals surface area contributed by atoms with Crippen molar-refractivity contribution >= 4 is 50.2 Å². The van der Waals surface area contributed by atoms with Crippen molar-refractivity contribution in [3.8, 4) is 39.9 Å². The molecule has 6 heteroatoms. The Labute approximate surface area is 328 Å². The molecule has 0 saturated carbocycles. The molecule has 6 nitrogen and oxygen atoms in total. The van der Waals surface area contributed by atoms with Gasteiger partial charge in [0.25, 0.3) is 0 Å². The van der Waals surface area contributed by atoms with Gasteiger partial charge in [-0.25, -0.2) is 4.98 Å². The molecule has 3 aromatic heterocycles. The molecular formula is C51H33N5O. The second kappa shape index (κ2) is 12.5. The minimum atomic E-state index is 0.0862. The Morgan fingerprint density at radius 2 is 1.09 bits per heavy atom. The van der Waals surface area contributed by atoms with Crippen LogP contribution in [-0.4, -0.2) is 25.6 Å². The maximum absolute atomic E-state index is 6.60. The van der Waals surface area contributed by atoms with Crippen molar-refractivity contribution in [1.82, 2.24) is 19.5 Å². The molecule has 0 N–H and O–H groups in total. The van der Waals surface area contributed by atoms with Gasteiger partial charge in [0, 0.05) is 50.1 Å². The maximum Gasteiger partial charge on any atom is 0.238 e. The number of rotatable bonds is 5. The van der Waals surface area contributed by atoms with Crippen LogP contribution in [0.5, 0.6) is 0 Å². The molecule has 0 bridgehead atoms. The Balaban J connectivity index is 1.05. The largest absolute Gasteiger partial charge is 0.456 e. The maximum atomic E-state index is 6.60. The fourth-order valence-electron chi connectivity index (χ4n) is 9.10. The molecule has 0 radical (unpaired) electrons. The van der Waals surface area contributed by atoms with Crippen molar-refractivity contribution in [2.24, 2.45) is 0 Å². The Morgan fingerprint density at radius 3 is 1.84 bits per heavy atom. The number of anilines is 2. The van der Waals surface area contributed by atoms with Gasteiger partial charge in [0.05, 0.1) is 17.1 Å². The van der Waals surface area contributed by atoms with Crippen LogP contribution in [-0.2, 0) is 0 Å². The molecule has 268 valence electrons. The number of benzene rings is 7. The summed E-state index contributed by atoms with van der Waals surface area (Å²) in [5, 5.41) is 3.37. The molecule has 0 fully saturated rings. The van der Waals surface area contributed by atoms with Gasteiger partial charge in [-0.15, -0.1) is 0 Å². The molecule has 4 heterocycles. The van der Waals surface area contributed by atoms with Crippen molar-refractivity contribution in [1.29, 1.82) is 0 Å². The fourth-order valence-corrected chi connectivity index (χ4v) is 9.10. The van der Waals surface area contributed by atoms with E-state index < -0.39 is 0 Å². The topological polar surface area (TPSA) is 60.0 Å². The summed E-state index contributed by atoms with van der Waals surface area (Å²) in [4.78, 5) is 18.2. The standard InChI is InChI=1S/C51H33N5O/c1-3-13-32(14-4-1)33-23-25-34(26-24-33)49-52-50(54-51(53-49)56-41-20-10-7-17-37(41)38-18-8-11-21-42(38)56)35-27-29-45-40(31-35)48-46(57-45)30-28-44-47(48)39-19-9-12-22-43(39)55(44)36-15-5-2-6-16-36/h1-31,44,47H. The highest BCUT2D eigenvalue weighted by molar-refractivity contribution is 6.09. The zero-order valence-corrected chi connectivity index (χ0v) is 30.7. The first kappa shape index (κ1) is 31.7. The van der Waals surface area contributed by atoms with Crippen molar-refractivity contribution in [3.63, 3.8) is 0 Å². The van der Waals surface area contributed by atoms with E-state index in [0.29, 0.717) is 17.6 Å². The van der Waals surface area contributed by atoms with E-state index in [4.69, 9.17) is 19.4 Å². The van der Waals surface area contributed by atoms with Gasteiger partial charge < -0.3 is 9.32 Å². The Kier molecular flexibility index (Phi) is 6.95. The second-order valence-electron chi connectivity index (χ2n) is 14.8. The van der Waals surface area contributed by atoms with Gasteiger partial charge in [0.2, 0.25) is 5.95 Å². The minimum absolute atomic E-state index is 0.0862. The molecule has 10 aromatic rings. The average Bonchev–Trinajstić information content (AvgIpc) is 3.94. The molecule has 0 saturated heterocycles. The molecule has 2 unspecified atom stereocenters. The first-order valence-electron chi connectivity index (χ1n) is 19.4. The van der Waals surface area contributed by atoms with E-state index in [0.717, 1.165) is 60.8 Å². The summed E-state index contributed by atoms with van der Waals surface area (Å²) in [6, 6.07) is 61.7. The molecule has 1 aliphatic heterocycles. The molecule has 2 aliphatic rings. The number of furan rings is 1. The number of hydrogen-bond acceptors (Lipinski definition) is 5. The highest BCUT2D eigenvalue weighted by Crippen LogP contribution is 2.53. The zero-order chi connectivity index (χ0) is 37.5. The van der Waals surface area contributed by atoms with Gasteiger partial charge >= 0.3 is 0 Å². The summed E-state index contributed by atoms with van der Waals surface area (Å²) in [5.74, 6) is 2.76. The van der Waals surface area contributed by atoms with Crippen LogP contribution in [0.4, 0.5) is 11.4 Å². The van der Waals surface area contributed by atoms with Crippen LogP contribution in [0.3, 0.4) is 0 Å². The van der Waals surface area contributed by atoms with E-state index in [9.17, 15) is 0 Å². The van der Waals surface area contributed by atoms with Crippen LogP contribution in [0.15, 0.2) is 186 Å². The molecule has 12 rings (SSSR count). The quantitative estimate of drug-likeness (QED) is 0.176. The molecule has 57 heavy (non-hydrogen) atoms. The van der Waals surface area contributed by atoms with Gasteiger partial charge in [0.1, 0.15) is 11.3 Å². The van der Waals surface area contributed by atoms with Crippen LogP contribution in [0.2, 0.25) is 0 Å². The van der Waals surface area contributed by atoms with Crippen LogP contribution in [0, 0.1) is 0 Å². The van der Waals surface area contributed by atoms with E-state index in [1.165, 1.54) is 22.5 Å². The summed E-state index contributed by atoms with van der Waals surface area (Å²) < 4.78 is 8.77. The lowest BCUT2D eigenvalue weighted by Crippen LogP contribution is -2.30. The summed E-state index contributed by atoms with van der Waals surface area (Å²) in [7, 11) is 0. The van der Waals surface area contributed by atoms with Crippen LogP contribution >= 0.6 is 0 Å². The summed E-state index contributed by atoms with van der Waals surface area (Å²) >= 11 is 0. The summed E-state index contributed by atoms with van der Waals surface area (Å²) in [6.07, 6.45) is 4.45. The van der Waals surface area contributed by atoms with Gasteiger partial charge in [0.15, 0.2) is 11.6 Å². The third kappa shape index (κ3) is 4.94. The van der Waals surface area contributed by atoms with E-state index in [2.05, 4.69) is 191 Å². The van der Waals surface area contributed by atoms with E-state index in [1.54, 1.807) is 0 Å². The predicted octanol–water partition coefficient (Wildman–Crippen LogP) is 12.4. The lowest BCUT2D eigenvalue weighted by molar-refractivity contribution is 0.584. The van der Waals surface area contributed by atoms with Gasteiger partial charge in [-0.2, -0.15) is 9.97 Å². The highest BCUT2D eigenvalue weighted by Gasteiger charge is 2.43. The molecule has 2 atom stereocenters. The van der Waals surface area contributed by atoms with Gasteiger partial charge in [-0.05, 0) is 71.3 Å². The van der Waals surface area contributed by atoms with E-state index >= 15 is 0 Å². The number of hydrogen-bond donors (Lipinski definition) is 0. The van der Waals surface area contributed by atoms with Gasteiger partial charge in [-0.3, -0.25) is 4.57 Å². The lowest BCUT2D eigenvalue weighted by atomic mass is 9.82. The van der Waals surface area contributed by atoms with Crippen LogP contribution < -0.4 is 4.90 Å². The number of nitrogens with zero attached hydrogens (tertiary/aromatic N) is 5. The number of fused-ring (bicyclic) bond motifs is 10. The highest BCUT2D eigenvalue weighted by atomic mass is 16.3. The SMILES string of the molecule is C1=CC2C(c3ccccc3N2c2ccccc2)c2c1oc1ccc(-c3nc(-c4ccc(-c5ccccc5)cc4)nc(-n4c5ccccc5c5ccccc54)n3)cc21. The summed E-state index contributed by atoms with van der Waals surface area (Å²) in [5.41, 5.74) is 11.9. The Morgan fingerprint density at radius 1 is 0.491 bits per heavy atom. The second-order valence-corrected chi connectivity index (χ2v) is 14.8. The van der Waals surface area contributed by atoms with Crippen molar-refractivity contribution in [2.75, 3.05) is 4.90 Å². The predicted molar refractivity (Wildman–Crippen MR) is 230 cm³/mol. The smallest absolute Gasteiger partial charge is 0.238 e. The molecule has 0 spiro atoms. The van der Waals surface area contributed by atoms with Crippen LogP contribution in [0.1, 0.15) is 22.8 Å². The van der Waals surface area contributed by atoms with Gasteiger partial charge in [-0.1, -0.05) is 133 Å². The third-order valence-corrected chi connectivity index (χ3v) is 11.6. The third-order valence-electron chi connectivity index (χ3n) is 11.6. The Bertz CT molecular complexity index is 3150. The van der Waals surface area contributed by atoms with Crippen molar-refractivity contribution in [3.05, 3.63) is 199 Å². The van der Waals surface area contributed by atoms with Crippen molar-refractivity contribution < 1.29 is 4.42 Å². The first-order valence-corrected chi connectivity index (χ1v) is 19.4. The van der Waals surface area contributed by atoms with E-state index in [1.807, 2.05) is 6.07 Å². The summed E-state index contributed by atoms with van der Waals surface area (Å²) in [6.45, 7) is 0. The molecule has 0 amide bonds. The molecular weight excluding hydrogens is 699 g/mol. The molecule has 7 aromatic carbocycles. The lowest BCUT2D eigenvalue weighted by Gasteiger charge is -2.30. The number of aromatic nitrogens is 4. The monoisotopic (exact) mass is 731 g/mol. The zero-order valence-electron chi connectivity index (χ0n) is 30.7. The van der Waals surface area contributed by atoms with E-state index in [-0.39, 0.29) is 12.0 Å². The Hall–Kier alpha value is -7.57. The minimum Gasteiger partial charge on any atom is -0.456 e. The van der Waals surface area contributed by atoms with Crippen LogP contribution in [0.25, 0.3) is 78.7 Å². The number of para-hydroxylation sites is 4. The average molecular weight is 732 g/mol. The molecule has 1 aliphatic carbocycles. The normalized spacial score (nSPS) is 15.6. The first-order chi connectivity index (χ1) is 28.3. The van der Waals surface area contributed by atoms with Crippen molar-refractivity contribution in [2.45, 2.75) is 12.0 Å². The fraction of sp³-hybridized carbons (Fsp3) is 0.0392.